The van der Waals surface area contributed by atoms with Crippen molar-refractivity contribution in [1.29, 1.82) is 0 Å². The number of aryl methyl sites for hydroxylation is 1. The third kappa shape index (κ3) is 3.00. The van der Waals surface area contributed by atoms with Crippen molar-refractivity contribution in [3.63, 3.8) is 0 Å². The molecule has 1 atom stereocenters. The maximum Gasteiger partial charge on any atom is 0.277 e. The number of carbonyl (C=O) groups is 1. The number of carbonyl (C=O) groups excluding carboxylic acids is 1. The highest BCUT2D eigenvalue weighted by atomic mass is 32.2. The molecular weight excluding hydrogens is 238 g/mol. The van der Waals surface area contributed by atoms with Gasteiger partial charge in [-0.2, -0.15) is 0 Å². The maximum absolute atomic E-state index is 12.0. The van der Waals surface area contributed by atoms with E-state index in [9.17, 15) is 4.79 Å². The molecule has 1 aromatic heterocycles. The second kappa shape index (κ2) is 5.53. The molecule has 5 nitrogen and oxygen atoms in total. The number of likely N-dealkylation sites (tertiary alicyclic amines) is 1. The molecule has 1 amide bonds. The molecule has 0 aromatic carbocycles. The molecule has 1 aromatic rings. The Hall–Kier alpha value is -1.04. The molecule has 1 saturated heterocycles. The topological polar surface area (TPSA) is 59.2 Å². The van der Waals surface area contributed by atoms with Gasteiger partial charge >= 0.3 is 0 Å². The molecule has 1 aliphatic heterocycles. The zero-order chi connectivity index (χ0) is 12.3. The lowest BCUT2D eigenvalue weighted by Crippen LogP contribution is -2.36. The van der Waals surface area contributed by atoms with Crippen LogP contribution in [0.2, 0.25) is 0 Å². The fraction of sp³-hybridized carbons (Fsp3) is 0.727. The van der Waals surface area contributed by atoms with Gasteiger partial charge in [-0.05, 0) is 19.3 Å². The molecule has 0 N–H and O–H groups in total. The quantitative estimate of drug-likeness (QED) is 0.769. The van der Waals surface area contributed by atoms with Crippen LogP contribution < -0.4 is 0 Å². The summed E-state index contributed by atoms with van der Waals surface area (Å²) in [6.07, 6.45) is 3.29. The third-order valence-electron chi connectivity index (χ3n) is 3.00. The minimum atomic E-state index is 0.176. The van der Waals surface area contributed by atoms with Crippen LogP contribution >= 0.6 is 11.8 Å². The van der Waals surface area contributed by atoms with Crippen molar-refractivity contribution >= 4 is 17.7 Å². The first-order valence-corrected chi connectivity index (χ1v) is 6.91. The van der Waals surface area contributed by atoms with Crippen molar-refractivity contribution < 1.29 is 9.21 Å². The van der Waals surface area contributed by atoms with Gasteiger partial charge in [0.25, 0.3) is 5.22 Å². The van der Waals surface area contributed by atoms with Gasteiger partial charge in [0.1, 0.15) is 0 Å². The minimum Gasteiger partial charge on any atom is -0.416 e. The number of rotatable bonds is 4. The van der Waals surface area contributed by atoms with Gasteiger partial charge in [-0.25, -0.2) is 0 Å². The van der Waals surface area contributed by atoms with Crippen LogP contribution in [0, 0.1) is 6.92 Å². The molecule has 17 heavy (non-hydrogen) atoms. The molecule has 0 saturated carbocycles. The second-order valence-electron chi connectivity index (χ2n) is 4.17. The Kier molecular flexibility index (Phi) is 4.04. The standard InChI is InChI=1S/C11H17N3O2S/c1-3-9-5-4-6-14(9)10(15)7-17-11-13-12-8(2)16-11/h9H,3-7H2,1-2H3. The fourth-order valence-corrected chi connectivity index (χ4v) is 2.82. The first-order valence-electron chi connectivity index (χ1n) is 5.93. The molecule has 0 aliphatic carbocycles. The average molecular weight is 255 g/mol. The molecule has 94 valence electrons. The van der Waals surface area contributed by atoms with Gasteiger partial charge in [-0.3, -0.25) is 4.79 Å². The summed E-state index contributed by atoms with van der Waals surface area (Å²) < 4.78 is 5.22. The van der Waals surface area contributed by atoms with Crippen LogP contribution in [0.15, 0.2) is 9.64 Å². The zero-order valence-corrected chi connectivity index (χ0v) is 11.0. The second-order valence-corrected chi connectivity index (χ2v) is 5.09. The van der Waals surface area contributed by atoms with Gasteiger partial charge in [0, 0.05) is 19.5 Å². The minimum absolute atomic E-state index is 0.176. The Morgan fingerprint density at radius 3 is 3.06 bits per heavy atom. The number of nitrogens with zero attached hydrogens (tertiary/aromatic N) is 3. The first kappa shape index (κ1) is 12.4. The number of aromatic nitrogens is 2. The van der Waals surface area contributed by atoms with Crippen LogP contribution in [0.3, 0.4) is 0 Å². The van der Waals surface area contributed by atoms with Crippen LogP contribution in [0.1, 0.15) is 32.1 Å². The summed E-state index contributed by atoms with van der Waals surface area (Å²) >= 11 is 1.32. The van der Waals surface area contributed by atoms with Crippen molar-refractivity contribution in [3.8, 4) is 0 Å². The molecular formula is C11H17N3O2S. The summed E-state index contributed by atoms with van der Waals surface area (Å²) in [5.41, 5.74) is 0. The Morgan fingerprint density at radius 2 is 2.41 bits per heavy atom. The number of amides is 1. The van der Waals surface area contributed by atoms with Gasteiger partial charge in [-0.1, -0.05) is 18.7 Å². The van der Waals surface area contributed by atoms with E-state index in [0.29, 0.717) is 22.9 Å². The fourth-order valence-electron chi connectivity index (χ4n) is 2.13. The molecule has 6 heteroatoms. The van der Waals surface area contributed by atoms with Crippen molar-refractivity contribution in [2.24, 2.45) is 0 Å². The van der Waals surface area contributed by atoms with Crippen LogP contribution in [0.5, 0.6) is 0 Å². The van der Waals surface area contributed by atoms with Gasteiger partial charge < -0.3 is 9.32 Å². The van der Waals surface area contributed by atoms with E-state index in [2.05, 4.69) is 17.1 Å². The van der Waals surface area contributed by atoms with Crippen molar-refractivity contribution in [3.05, 3.63) is 5.89 Å². The van der Waals surface area contributed by atoms with Crippen LogP contribution in [0.4, 0.5) is 0 Å². The Labute approximate surface area is 105 Å². The summed E-state index contributed by atoms with van der Waals surface area (Å²) in [5, 5.41) is 8.06. The SMILES string of the molecule is CCC1CCCN1C(=O)CSc1nnc(C)o1. The summed E-state index contributed by atoms with van der Waals surface area (Å²) in [6, 6.07) is 0.424. The molecule has 1 fully saturated rings. The van der Waals surface area contributed by atoms with E-state index in [0.717, 1.165) is 25.8 Å². The smallest absolute Gasteiger partial charge is 0.277 e. The first-order chi connectivity index (χ1) is 8.20. The van der Waals surface area contributed by atoms with Gasteiger partial charge in [0.05, 0.1) is 5.75 Å². The van der Waals surface area contributed by atoms with E-state index in [4.69, 9.17) is 4.42 Å². The Morgan fingerprint density at radius 1 is 1.59 bits per heavy atom. The highest BCUT2D eigenvalue weighted by molar-refractivity contribution is 7.99. The Bertz CT molecular complexity index is 394. The largest absolute Gasteiger partial charge is 0.416 e. The number of thioether (sulfide) groups is 1. The van der Waals surface area contributed by atoms with E-state index in [1.54, 1.807) is 6.92 Å². The van der Waals surface area contributed by atoms with E-state index in [1.807, 2.05) is 4.90 Å². The summed E-state index contributed by atoms with van der Waals surface area (Å²) in [5.74, 6) is 1.10. The Balaban J connectivity index is 1.84. The van der Waals surface area contributed by atoms with Gasteiger partial charge in [0.2, 0.25) is 11.8 Å². The van der Waals surface area contributed by atoms with E-state index >= 15 is 0 Å². The van der Waals surface area contributed by atoms with Gasteiger partial charge in [-0.15, -0.1) is 10.2 Å². The lowest BCUT2D eigenvalue weighted by atomic mass is 10.2. The van der Waals surface area contributed by atoms with Crippen molar-refractivity contribution in [2.45, 2.75) is 44.4 Å². The summed E-state index contributed by atoms with van der Waals surface area (Å²) in [6.45, 7) is 4.76. The van der Waals surface area contributed by atoms with Crippen LogP contribution in [-0.2, 0) is 4.79 Å². The van der Waals surface area contributed by atoms with Crippen molar-refractivity contribution in [1.82, 2.24) is 15.1 Å². The molecule has 1 unspecified atom stereocenters. The molecule has 2 heterocycles. The monoisotopic (exact) mass is 255 g/mol. The molecule has 2 rings (SSSR count). The normalized spacial score (nSPS) is 19.9. The number of hydrogen-bond acceptors (Lipinski definition) is 5. The van der Waals surface area contributed by atoms with E-state index in [-0.39, 0.29) is 5.91 Å². The lowest BCUT2D eigenvalue weighted by Gasteiger charge is -2.23. The molecule has 0 spiro atoms. The zero-order valence-electron chi connectivity index (χ0n) is 10.2. The van der Waals surface area contributed by atoms with Crippen molar-refractivity contribution in [2.75, 3.05) is 12.3 Å². The third-order valence-corrected chi connectivity index (χ3v) is 3.80. The summed E-state index contributed by atoms with van der Waals surface area (Å²) in [4.78, 5) is 14.0. The van der Waals surface area contributed by atoms with Gasteiger partial charge in [0.15, 0.2) is 0 Å². The summed E-state index contributed by atoms with van der Waals surface area (Å²) in [7, 11) is 0. The van der Waals surface area contributed by atoms with Crippen LogP contribution in [0.25, 0.3) is 0 Å². The van der Waals surface area contributed by atoms with Crippen LogP contribution in [-0.4, -0.2) is 39.3 Å². The predicted octanol–water partition coefficient (Wildman–Crippen LogP) is 1.87. The molecule has 1 aliphatic rings. The maximum atomic E-state index is 12.0. The van der Waals surface area contributed by atoms with E-state index < -0.39 is 0 Å². The lowest BCUT2D eigenvalue weighted by molar-refractivity contribution is -0.129. The predicted molar refractivity (Wildman–Crippen MR) is 64.8 cm³/mol. The highest BCUT2D eigenvalue weighted by Crippen LogP contribution is 2.22. The number of hydrogen-bond donors (Lipinski definition) is 0. The van der Waals surface area contributed by atoms with E-state index in [1.165, 1.54) is 11.8 Å². The highest BCUT2D eigenvalue weighted by Gasteiger charge is 2.27. The molecule has 0 bridgehead atoms. The average Bonchev–Trinajstić information content (AvgIpc) is 2.94. The molecule has 0 radical (unpaired) electrons.